The van der Waals surface area contributed by atoms with E-state index in [2.05, 4.69) is 51.9 Å². The average Bonchev–Trinajstić information content (AvgIpc) is 3.71. The number of halogens is 2. The van der Waals surface area contributed by atoms with E-state index < -0.39 is 19.1 Å². The van der Waals surface area contributed by atoms with Gasteiger partial charge in [-0.1, -0.05) is 81.8 Å². The summed E-state index contributed by atoms with van der Waals surface area (Å²) in [6.45, 7) is 0. The van der Waals surface area contributed by atoms with Crippen LogP contribution in [0, 0.1) is 0 Å². The molecular formula is C33H33BBr2N4O8. The summed E-state index contributed by atoms with van der Waals surface area (Å²) in [5, 5.41) is 29.8. The zero-order valence-electron chi connectivity index (χ0n) is 25.6. The van der Waals surface area contributed by atoms with Crippen LogP contribution in [0.2, 0.25) is 0 Å². The van der Waals surface area contributed by atoms with Gasteiger partial charge in [0.1, 0.15) is 22.5 Å². The van der Waals surface area contributed by atoms with E-state index in [0.29, 0.717) is 38.9 Å². The summed E-state index contributed by atoms with van der Waals surface area (Å²) in [6, 6.07) is 25.4. The summed E-state index contributed by atoms with van der Waals surface area (Å²) in [5.41, 5.74) is 3.26. The van der Waals surface area contributed by atoms with Crippen molar-refractivity contribution in [2.45, 2.75) is 7.43 Å². The molecule has 0 radical (unpaired) electrons. The summed E-state index contributed by atoms with van der Waals surface area (Å²) >= 11 is 6.65. The normalized spacial score (nSPS) is 10.1. The van der Waals surface area contributed by atoms with Crippen molar-refractivity contribution in [2.75, 3.05) is 28.4 Å². The van der Waals surface area contributed by atoms with Gasteiger partial charge in [0, 0.05) is 19.7 Å². The highest BCUT2D eigenvalue weighted by Crippen LogP contribution is 2.31. The minimum absolute atomic E-state index is 0. The zero-order valence-corrected chi connectivity index (χ0v) is 28.8. The number of aromatic amines is 1. The molecule has 0 bridgehead atoms. The number of para-hydroxylation sites is 2. The van der Waals surface area contributed by atoms with E-state index in [4.69, 9.17) is 24.3 Å². The molecule has 15 heteroatoms. The molecule has 0 atom stereocenters. The Morgan fingerprint density at radius 2 is 1.35 bits per heavy atom. The van der Waals surface area contributed by atoms with Crippen molar-refractivity contribution < 1.29 is 38.6 Å². The van der Waals surface area contributed by atoms with Gasteiger partial charge in [0.05, 0.1) is 34.1 Å². The minimum Gasteiger partial charge on any atom is -0.494 e. The lowest BCUT2D eigenvalue weighted by molar-refractivity contribution is 0.0587. The van der Waals surface area contributed by atoms with Crippen molar-refractivity contribution >= 4 is 78.2 Å². The highest BCUT2D eigenvalue weighted by Gasteiger charge is 2.21. The first-order chi connectivity index (χ1) is 22.6. The highest BCUT2D eigenvalue weighted by molar-refractivity contribution is 9.10. The van der Waals surface area contributed by atoms with Crippen LogP contribution in [0.5, 0.6) is 11.5 Å². The van der Waals surface area contributed by atoms with Gasteiger partial charge in [-0.3, -0.25) is 5.10 Å². The molecule has 0 aliphatic carbocycles. The molecule has 3 N–H and O–H groups in total. The Bertz CT molecular complexity index is 2020. The van der Waals surface area contributed by atoms with E-state index in [1.54, 1.807) is 55.3 Å². The molecule has 0 amide bonds. The Kier molecular flexibility index (Phi) is 13.7. The number of H-pyrrole nitrogens is 1. The van der Waals surface area contributed by atoms with Crippen LogP contribution in [-0.4, -0.2) is 77.5 Å². The molecule has 12 nitrogen and oxygen atoms in total. The van der Waals surface area contributed by atoms with Gasteiger partial charge in [-0.2, -0.15) is 10.2 Å². The van der Waals surface area contributed by atoms with Gasteiger partial charge in [0.2, 0.25) is 0 Å². The Morgan fingerprint density at radius 3 is 1.92 bits per heavy atom. The summed E-state index contributed by atoms with van der Waals surface area (Å²) < 4.78 is 23.4. The van der Waals surface area contributed by atoms with Crippen LogP contribution in [0.3, 0.4) is 0 Å². The van der Waals surface area contributed by atoms with Crippen LogP contribution >= 0.6 is 31.9 Å². The van der Waals surface area contributed by atoms with E-state index in [-0.39, 0.29) is 13.1 Å². The molecule has 250 valence electrons. The van der Waals surface area contributed by atoms with Crippen molar-refractivity contribution in [3.63, 3.8) is 0 Å². The van der Waals surface area contributed by atoms with Gasteiger partial charge in [-0.15, -0.1) is 0 Å². The number of hydrogen-bond donors (Lipinski definition) is 3. The Hall–Kier alpha value is -4.70. The van der Waals surface area contributed by atoms with Crippen LogP contribution in [0.4, 0.5) is 0 Å². The molecule has 6 aromatic rings. The summed E-state index contributed by atoms with van der Waals surface area (Å²) in [4.78, 5) is 23.3. The second-order valence-electron chi connectivity index (χ2n) is 9.46. The maximum Gasteiger partial charge on any atom is 0.488 e. The number of esters is 2. The first kappa shape index (κ1) is 37.8. The molecule has 0 aliphatic heterocycles. The van der Waals surface area contributed by atoms with Crippen molar-refractivity contribution in [2.24, 2.45) is 0 Å². The summed E-state index contributed by atoms with van der Waals surface area (Å²) in [6.07, 6.45) is 0. The molecule has 0 saturated heterocycles. The Labute approximate surface area is 294 Å². The third-order valence-electron chi connectivity index (χ3n) is 6.62. The molecule has 0 saturated carbocycles. The number of nitrogens with zero attached hydrogens (tertiary/aromatic N) is 3. The van der Waals surface area contributed by atoms with Gasteiger partial charge < -0.3 is 29.0 Å². The van der Waals surface area contributed by atoms with E-state index in [1.807, 2.05) is 48.5 Å². The molecule has 4 aromatic carbocycles. The number of methoxy groups -OCH3 is 4. The van der Waals surface area contributed by atoms with Crippen molar-refractivity contribution in [1.82, 2.24) is 20.0 Å². The number of rotatable bonds is 6. The lowest BCUT2D eigenvalue weighted by atomic mass is 9.81. The molecule has 48 heavy (non-hydrogen) atoms. The number of carbonyl (C=O) groups excluding carboxylic acids is 2. The van der Waals surface area contributed by atoms with Crippen LogP contribution in [0.1, 0.15) is 28.4 Å². The van der Waals surface area contributed by atoms with Gasteiger partial charge in [0.25, 0.3) is 0 Å². The fraction of sp³-hybridized carbons (Fsp3) is 0.152. The number of ether oxygens (including phenoxy) is 4. The van der Waals surface area contributed by atoms with Gasteiger partial charge in [-0.05, 0) is 47.9 Å². The fourth-order valence-corrected chi connectivity index (χ4v) is 5.25. The molecule has 2 heterocycles. The molecule has 2 aromatic heterocycles. The number of fused-ring (bicyclic) bond motifs is 2. The van der Waals surface area contributed by atoms with Crippen LogP contribution in [-0.2, 0) is 9.47 Å². The lowest BCUT2D eigenvalue weighted by Gasteiger charge is -2.07. The highest BCUT2D eigenvalue weighted by atomic mass is 79.9. The third-order valence-corrected chi connectivity index (χ3v) is 7.61. The number of nitrogens with one attached hydrogen (secondary N) is 1. The van der Waals surface area contributed by atoms with Gasteiger partial charge >= 0.3 is 19.1 Å². The van der Waals surface area contributed by atoms with E-state index in [9.17, 15) is 9.59 Å². The van der Waals surface area contributed by atoms with E-state index >= 15 is 0 Å². The number of benzene rings is 4. The largest absolute Gasteiger partial charge is 0.494 e. The molecule has 0 aliphatic rings. The van der Waals surface area contributed by atoms with E-state index in [0.717, 1.165) is 20.1 Å². The standard InChI is InChI=1S/C16H13BrN2O3.C10H10N2O3.C6H6BBrO2.CH4/c1-21-13-8-4-7-12-14(16(20)22-2)18-19(15(12)13)11-6-3-5-10(17)9-11;1-14-7-5-3-4-6-8(7)11-12-9(6)10(13)15-2;8-6-3-1-2-5(4-6)7(9)10;/h3-9H,1-2H3;3-5H,1-2H3,(H,11,12);1-4,9-10H;1H4. The first-order valence-corrected chi connectivity index (χ1v) is 15.3. The predicted molar refractivity (Wildman–Crippen MR) is 191 cm³/mol. The van der Waals surface area contributed by atoms with Crippen LogP contribution < -0.4 is 14.9 Å². The van der Waals surface area contributed by atoms with Crippen LogP contribution in [0.15, 0.2) is 93.9 Å². The molecule has 0 fully saturated rings. The van der Waals surface area contributed by atoms with Crippen molar-refractivity contribution in [3.05, 3.63) is 105 Å². The fourth-order valence-electron chi connectivity index (χ4n) is 4.44. The van der Waals surface area contributed by atoms with Crippen LogP contribution in [0.25, 0.3) is 27.5 Å². The Morgan fingerprint density at radius 1 is 0.771 bits per heavy atom. The second kappa shape index (κ2) is 17.5. The summed E-state index contributed by atoms with van der Waals surface area (Å²) in [5.74, 6) is 0.344. The molecular weight excluding hydrogens is 751 g/mol. The van der Waals surface area contributed by atoms with Crippen molar-refractivity contribution in [1.29, 1.82) is 0 Å². The number of hydrogen-bond acceptors (Lipinski definition) is 10. The maximum atomic E-state index is 12.0. The first-order valence-electron chi connectivity index (χ1n) is 13.7. The zero-order chi connectivity index (χ0) is 34.1. The molecule has 0 unspecified atom stereocenters. The van der Waals surface area contributed by atoms with Gasteiger partial charge in [-0.25, -0.2) is 14.3 Å². The molecule has 0 spiro atoms. The smallest absolute Gasteiger partial charge is 0.488 e. The lowest BCUT2D eigenvalue weighted by Crippen LogP contribution is -2.29. The SMILES string of the molecule is C.COC(=O)c1[nH]nc2c(OC)cccc12.COC(=O)c1nn(-c2cccc(Br)c2)c2c(OC)cccc12.OB(O)c1cccc(Br)c1. The number of carbonyl (C=O) groups is 2. The van der Waals surface area contributed by atoms with Crippen molar-refractivity contribution in [3.8, 4) is 17.2 Å². The second-order valence-corrected chi connectivity index (χ2v) is 11.3. The summed E-state index contributed by atoms with van der Waals surface area (Å²) in [7, 11) is 4.44. The monoisotopic (exact) mass is 782 g/mol. The topological polar surface area (TPSA) is 158 Å². The predicted octanol–water partition coefficient (Wildman–Crippen LogP) is 5.71. The number of aromatic nitrogens is 4. The van der Waals surface area contributed by atoms with Gasteiger partial charge in [0.15, 0.2) is 11.4 Å². The average molecular weight is 784 g/mol. The quantitative estimate of drug-likeness (QED) is 0.141. The Balaban J connectivity index is 0.000000209. The molecule has 6 rings (SSSR count). The van der Waals surface area contributed by atoms with E-state index in [1.165, 1.54) is 14.2 Å². The maximum absolute atomic E-state index is 12.0. The minimum atomic E-state index is -1.38. The third kappa shape index (κ3) is 8.60.